The summed E-state index contributed by atoms with van der Waals surface area (Å²) in [5.74, 6) is 1.01. The lowest BCUT2D eigenvalue weighted by Gasteiger charge is -2.10. The van der Waals surface area contributed by atoms with Crippen LogP contribution in [0.15, 0.2) is 51.4 Å². The maximum Gasteiger partial charge on any atom is 0.227 e. The fraction of sp³-hybridized carbons (Fsp3) is 0.286. The van der Waals surface area contributed by atoms with Gasteiger partial charge in [0.25, 0.3) is 0 Å². The Labute approximate surface area is 156 Å². The van der Waals surface area contributed by atoms with Crippen molar-refractivity contribution in [2.24, 2.45) is 0 Å². The fourth-order valence-electron chi connectivity index (χ4n) is 2.91. The first-order valence-corrected chi connectivity index (χ1v) is 8.94. The number of carbonyl (C=O) groups is 1. The molecule has 2 aromatic carbocycles. The average molecular weight is 363 g/mol. The molecule has 4 aromatic rings. The minimum atomic E-state index is -0.175. The predicted molar refractivity (Wildman–Crippen MR) is 104 cm³/mol. The standard InChI is InChI=1S/C21H21N3O3/c1-21(2,3)20-23-19(27-24-20)11-10-18(25)22-13-8-9-15-14-6-4-5-7-16(14)26-17(15)12-13/h4-9,12H,10-11H2,1-3H3,(H,22,25). The summed E-state index contributed by atoms with van der Waals surface area (Å²) in [6.07, 6.45) is 0.672. The number of aryl methyl sites for hydroxylation is 1. The predicted octanol–water partition coefficient (Wildman–Crippen LogP) is 4.84. The largest absolute Gasteiger partial charge is 0.456 e. The van der Waals surface area contributed by atoms with E-state index in [9.17, 15) is 4.79 Å². The lowest BCUT2D eigenvalue weighted by Crippen LogP contribution is -2.14. The number of para-hydroxylation sites is 1. The first kappa shape index (κ1) is 17.3. The van der Waals surface area contributed by atoms with Gasteiger partial charge in [0.2, 0.25) is 11.8 Å². The first-order chi connectivity index (χ1) is 12.9. The molecule has 0 saturated heterocycles. The summed E-state index contributed by atoms with van der Waals surface area (Å²) in [6.45, 7) is 6.05. The van der Waals surface area contributed by atoms with Crippen LogP contribution in [0.1, 0.15) is 38.9 Å². The Morgan fingerprint density at radius 2 is 1.85 bits per heavy atom. The summed E-state index contributed by atoms with van der Waals surface area (Å²) >= 11 is 0. The number of hydrogen-bond donors (Lipinski definition) is 1. The number of aromatic nitrogens is 2. The number of nitrogens with zero attached hydrogens (tertiary/aromatic N) is 2. The summed E-state index contributed by atoms with van der Waals surface area (Å²) in [4.78, 5) is 16.6. The third-order valence-corrected chi connectivity index (χ3v) is 4.37. The van der Waals surface area contributed by atoms with Gasteiger partial charge in [0, 0.05) is 40.8 Å². The number of nitrogens with one attached hydrogen (secondary N) is 1. The monoisotopic (exact) mass is 363 g/mol. The number of benzene rings is 2. The highest BCUT2D eigenvalue weighted by molar-refractivity contribution is 6.06. The Balaban J connectivity index is 1.43. The molecule has 1 amide bonds. The van der Waals surface area contributed by atoms with Gasteiger partial charge in [0.1, 0.15) is 11.2 Å². The van der Waals surface area contributed by atoms with Crippen molar-refractivity contribution in [1.29, 1.82) is 0 Å². The van der Waals surface area contributed by atoms with E-state index in [0.717, 1.165) is 21.9 Å². The average Bonchev–Trinajstić information content (AvgIpc) is 3.24. The SMILES string of the molecule is CC(C)(C)c1noc(CCC(=O)Nc2ccc3c(c2)oc2ccccc23)n1. The van der Waals surface area contributed by atoms with Crippen LogP contribution in [0.25, 0.3) is 21.9 Å². The van der Waals surface area contributed by atoms with Gasteiger partial charge in [-0.15, -0.1) is 0 Å². The smallest absolute Gasteiger partial charge is 0.227 e. The van der Waals surface area contributed by atoms with Crippen LogP contribution in [-0.4, -0.2) is 16.0 Å². The Kier molecular flexibility index (Phi) is 4.18. The summed E-state index contributed by atoms with van der Waals surface area (Å²) in [7, 11) is 0. The number of anilines is 1. The second-order valence-corrected chi connectivity index (χ2v) is 7.62. The molecule has 0 bridgehead atoms. The van der Waals surface area contributed by atoms with Gasteiger partial charge in [-0.3, -0.25) is 4.79 Å². The normalized spacial score (nSPS) is 12.0. The number of fused-ring (bicyclic) bond motifs is 3. The highest BCUT2D eigenvalue weighted by atomic mass is 16.5. The zero-order valence-electron chi connectivity index (χ0n) is 15.6. The molecular weight excluding hydrogens is 342 g/mol. The van der Waals surface area contributed by atoms with Gasteiger partial charge < -0.3 is 14.3 Å². The van der Waals surface area contributed by atoms with Gasteiger partial charge in [-0.1, -0.05) is 44.1 Å². The van der Waals surface area contributed by atoms with Crippen LogP contribution < -0.4 is 5.32 Å². The topological polar surface area (TPSA) is 81.2 Å². The first-order valence-electron chi connectivity index (χ1n) is 8.94. The molecule has 2 aromatic heterocycles. The fourth-order valence-corrected chi connectivity index (χ4v) is 2.91. The lowest BCUT2D eigenvalue weighted by molar-refractivity contribution is -0.116. The van der Waals surface area contributed by atoms with Gasteiger partial charge in [0.15, 0.2) is 5.82 Å². The Hall–Kier alpha value is -3.15. The highest BCUT2D eigenvalue weighted by Gasteiger charge is 2.21. The summed E-state index contributed by atoms with van der Waals surface area (Å²) in [5.41, 5.74) is 2.11. The van der Waals surface area contributed by atoms with E-state index < -0.39 is 0 Å². The van der Waals surface area contributed by atoms with Crippen molar-refractivity contribution in [3.05, 3.63) is 54.2 Å². The van der Waals surface area contributed by atoms with Crippen LogP contribution in [-0.2, 0) is 16.6 Å². The zero-order chi connectivity index (χ0) is 19.0. The van der Waals surface area contributed by atoms with Crippen molar-refractivity contribution in [2.75, 3.05) is 5.32 Å². The Bertz CT molecular complexity index is 1120. The molecule has 0 saturated carbocycles. The lowest BCUT2D eigenvalue weighted by atomic mass is 9.96. The van der Waals surface area contributed by atoms with Crippen LogP contribution in [0.2, 0.25) is 0 Å². The second-order valence-electron chi connectivity index (χ2n) is 7.62. The van der Waals surface area contributed by atoms with E-state index in [1.165, 1.54) is 0 Å². The van der Waals surface area contributed by atoms with E-state index in [0.29, 0.717) is 23.8 Å². The number of hydrogen-bond acceptors (Lipinski definition) is 5. The van der Waals surface area contributed by atoms with E-state index in [-0.39, 0.29) is 17.7 Å². The van der Waals surface area contributed by atoms with Crippen molar-refractivity contribution in [3.63, 3.8) is 0 Å². The molecule has 0 aliphatic heterocycles. The molecule has 0 atom stereocenters. The number of furan rings is 1. The molecule has 1 N–H and O–H groups in total. The number of rotatable bonds is 4. The third-order valence-electron chi connectivity index (χ3n) is 4.37. The molecule has 27 heavy (non-hydrogen) atoms. The molecule has 0 unspecified atom stereocenters. The Morgan fingerprint density at radius 1 is 1.07 bits per heavy atom. The molecule has 6 nitrogen and oxygen atoms in total. The van der Waals surface area contributed by atoms with Gasteiger partial charge in [-0.25, -0.2) is 0 Å². The number of carbonyl (C=O) groups excluding carboxylic acids is 1. The molecule has 4 rings (SSSR count). The molecule has 2 heterocycles. The maximum absolute atomic E-state index is 12.3. The molecule has 0 aliphatic rings. The van der Waals surface area contributed by atoms with Crippen LogP contribution in [0.3, 0.4) is 0 Å². The van der Waals surface area contributed by atoms with E-state index in [2.05, 4.69) is 15.5 Å². The number of amides is 1. The zero-order valence-corrected chi connectivity index (χ0v) is 15.6. The van der Waals surface area contributed by atoms with Gasteiger partial charge in [-0.2, -0.15) is 4.98 Å². The van der Waals surface area contributed by atoms with E-state index in [4.69, 9.17) is 8.94 Å². The third kappa shape index (κ3) is 3.56. The minimum absolute atomic E-state index is 0.110. The summed E-state index contributed by atoms with van der Waals surface area (Å²) in [6, 6.07) is 13.6. The summed E-state index contributed by atoms with van der Waals surface area (Å²) in [5, 5.41) is 8.97. The van der Waals surface area contributed by atoms with Crippen LogP contribution in [0, 0.1) is 0 Å². The summed E-state index contributed by atoms with van der Waals surface area (Å²) < 4.78 is 11.1. The molecule has 0 aliphatic carbocycles. The minimum Gasteiger partial charge on any atom is -0.456 e. The van der Waals surface area contributed by atoms with Crippen molar-refractivity contribution in [2.45, 2.75) is 39.0 Å². The van der Waals surface area contributed by atoms with Crippen LogP contribution in [0.5, 0.6) is 0 Å². The molecule has 6 heteroatoms. The van der Waals surface area contributed by atoms with Crippen molar-refractivity contribution in [3.8, 4) is 0 Å². The highest BCUT2D eigenvalue weighted by Crippen LogP contribution is 2.30. The van der Waals surface area contributed by atoms with Crippen molar-refractivity contribution >= 4 is 33.5 Å². The van der Waals surface area contributed by atoms with E-state index in [1.54, 1.807) is 0 Å². The van der Waals surface area contributed by atoms with Crippen molar-refractivity contribution < 1.29 is 13.7 Å². The van der Waals surface area contributed by atoms with Gasteiger partial charge in [-0.05, 0) is 18.2 Å². The quantitative estimate of drug-likeness (QED) is 0.561. The second kappa shape index (κ2) is 6.54. The molecule has 0 fully saturated rings. The van der Waals surface area contributed by atoms with Crippen LogP contribution >= 0.6 is 0 Å². The van der Waals surface area contributed by atoms with Crippen LogP contribution in [0.4, 0.5) is 5.69 Å². The van der Waals surface area contributed by atoms with Crippen molar-refractivity contribution in [1.82, 2.24) is 10.1 Å². The Morgan fingerprint density at radius 3 is 2.63 bits per heavy atom. The van der Waals surface area contributed by atoms with Gasteiger partial charge in [0.05, 0.1) is 0 Å². The molecule has 0 radical (unpaired) electrons. The molecule has 138 valence electrons. The molecular formula is C21H21N3O3. The van der Waals surface area contributed by atoms with E-state index in [1.807, 2.05) is 63.2 Å². The van der Waals surface area contributed by atoms with E-state index >= 15 is 0 Å². The molecule has 0 spiro atoms. The maximum atomic E-state index is 12.3. The van der Waals surface area contributed by atoms with Gasteiger partial charge >= 0.3 is 0 Å².